The first kappa shape index (κ1) is 17.5. The molecule has 0 fully saturated rings. The molecule has 2 aromatic carbocycles. The highest BCUT2D eigenvalue weighted by atomic mass is 16.2. The van der Waals surface area contributed by atoms with E-state index in [-0.39, 0.29) is 18.2 Å². The molecule has 5 nitrogen and oxygen atoms in total. The van der Waals surface area contributed by atoms with Gasteiger partial charge in [0.15, 0.2) is 0 Å². The van der Waals surface area contributed by atoms with Crippen molar-refractivity contribution in [1.29, 1.82) is 0 Å². The van der Waals surface area contributed by atoms with Crippen LogP contribution < -0.4 is 16.4 Å². The van der Waals surface area contributed by atoms with E-state index >= 15 is 0 Å². The highest BCUT2D eigenvalue weighted by Crippen LogP contribution is 2.16. The lowest BCUT2D eigenvalue weighted by molar-refractivity contribution is -0.115. The first-order valence-corrected chi connectivity index (χ1v) is 7.97. The van der Waals surface area contributed by atoms with Crippen molar-refractivity contribution in [1.82, 2.24) is 5.32 Å². The van der Waals surface area contributed by atoms with Gasteiger partial charge >= 0.3 is 0 Å². The van der Waals surface area contributed by atoms with Crippen molar-refractivity contribution in [3.8, 4) is 0 Å². The summed E-state index contributed by atoms with van der Waals surface area (Å²) >= 11 is 0. The maximum absolute atomic E-state index is 12.3. The van der Waals surface area contributed by atoms with Gasteiger partial charge in [-0.3, -0.25) is 9.59 Å². The van der Waals surface area contributed by atoms with Gasteiger partial charge in [-0.1, -0.05) is 38.1 Å². The Kier molecular flexibility index (Phi) is 5.95. The molecule has 24 heavy (non-hydrogen) atoms. The Morgan fingerprint density at radius 1 is 1.08 bits per heavy atom. The third kappa shape index (κ3) is 5.12. The molecule has 0 bridgehead atoms. The zero-order chi connectivity index (χ0) is 17.5. The van der Waals surface area contributed by atoms with E-state index in [1.165, 1.54) is 0 Å². The van der Waals surface area contributed by atoms with Crippen molar-refractivity contribution < 1.29 is 9.59 Å². The Morgan fingerprint density at radius 2 is 1.83 bits per heavy atom. The second kappa shape index (κ2) is 8.15. The van der Waals surface area contributed by atoms with Gasteiger partial charge in [0.1, 0.15) is 0 Å². The summed E-state index contributed by atoms with van der Waals surface area (Å²) < 4.78 is 0. The summed E-state index contributed by atoms with van der Waals surface area (Å²) in [6.07, 6.45) is 0.201. The fourth-order valence-electron chi connectivity index (χ4n) is 2.27. The lowest BCUT2D eigenvalue weighted by Crippen LogP contribution is -2.28. The number of carbonyl (C=O) groups is 2. The van der Waals surface area contributed by atoms with Crippen molar-refractivity contribution in [3.05, 3.63) is 59.7 Å². The van der Waals surface area contributed by atoms with Crippen LogP contribution >= 0.6 is 0 Å². The van der Waals surface area contributed by atoms with Gasteiger partial charge in [0.2, 0.25) is 5.91 Å². The molecule has 0 aromatic heterocycles. The minimum atomic E-state index is -0.191. The van der Waals surface area contributed by atoms with Crippen LogP contribution in [-0.4, -0.2) is 18.4 Å². The van der Waals surface area contributed by atoms with E-state index in [1.54, 1.807) is 36.4 Å². The van der Waals surface area contributed by atoms with Crippen LogP contribution in [0.25, 0.3) is 0 Å². The molecular formula is C19H23N3O2. The standard InChI is InChI=1S/C19H23N3O2/c1-13(2)12-21-19(24)16-8-3-4-9-17(16)22-18(23)11-14-6-5-7-15(20)10-14/h3-10,13H,11-12,20H2,1-2H3,(H,21,24)(H,22,23). The zero-order valence-corrected chi connectivity index (χ0v) is 14.0. The Bertz CT molecular complexity index is 726. The van der Waals surface area contributed by atoms with E-state index in [9.17, 15) is 9.59 Å². The molecule has 0 saturated carbocycles. The summed E-state index contributed by atoms with van der Waals surface area (Å²) in [4.78, 5) is 24.5. The molecule has 0 saturated heterocycles. The van der Waals surface area contributed by atoms with E-state index in [4.69, 9.17) is 5.73 Å². The van der Waals surface area contributed by atoms with Crippen molar-refractivity contribution >= 4 is 23.2 Å². The number of rotatable bonds is 6. The van der Waals surface area contributed by atoms with E-state index < -0.39 is 0 Å². The number of nitrogens with two attached hydrogens (primary N) is 1. The van der Waals surface area contributed by atoms with Crippen LogP contribution in [0.3, 0.4) is 0 Å². The van der Waals surface area contributed by atoms with E-state index in [2.05, 4.69) is 10.6 Å². The fraction of sp³-hybridized carbons (Fsp3) is 0.263. The number of hydrogen-bond acceptors (Lipinski definition) is 3. The summed E-state index contributed by atoms with van der Waals surface area (Å²) in [6, 6.07) is 14.2. The van der Waals surface area contributed by atoms with Crippen molar-refractivity contribution in [3.63, 3.8) is 0 Å². The summed E-state index contributed by atoms with van der Waals surface area (Å²) in [5, 5.41) is 5.67. The fourth-order valence-corrected chi connectivity index (χ4v) is 2.27. The van der Waals surface area contributed by atoms with Crippen LogP contribution in [0.4, 0.5) is 11.4 Å². The first-order valence-electron chi connectivity index (χ1n) is 7.97. The molecule has 2 rings (SSSR count). The number of nitrogens with one attached hydrogen (secondary N) is 2. The molecule has 126 valence electrons. The van der Waals surface area contributed by atoms with Crippen molar-refractivity contribution in [2.75, 3.05) is 17.6 Å². The van der Waals surface area contributed by atoms with Crippen LogP contribution in [-0.2, 0) is 11.2 Å². The number of benzene rings is 2. The maximum Gasteiger partial charge on any atom is 0.253 e. The molecule has 0 aliphatic carbocycles. The summed E-state index contributed by atoms with van der Waals surface area (Å²) in [7, 11) is 0. The Balaban J connectivity index is 2.06. The Hall–Kier alpha value is -2.82. The molecule has 0 aliphatic rings. The summed E-state index contributed by atoms with van der Waals surface area (Å²) in [5.74, 6) is -0.0208. The third-order valence-corrected chi connectivity index (χ3v) is 3.43. The molecule has 2 aromatic rings. The molecule has 0 heterocycles. The molecule has 4 N–H and O–H groups in total. The van der Waals surface area contributed by atoms with Crippen LogP contribution in [0.15, 0.2) is 48.5 Å². The van der Waals surface area contributed by atoms with E-state index in [1.807, 2.05) is 26.0 Å². The molecule has 0 unspecified atom stereocenters. The van der Waals surface area contributed by atoms with E-state index in [0.29, 0.717) is 29.4 Å². The Labute approximate surface area is 142 Å². The van der Waals surface area contributed by atoms with Crippen molar-refractivity contribution in [2.24, 2.45) is 5.92 Å². The highest BCUT2D eigenvalue weighted by molar-refractivity contribution is 6.04. The van der Waals surface area contributed by atoms with Gasteiger partial charge in [0.25, 0.3) is 5.91 Å². The molecule has 0 aliphatic heterocycles. The lowest BCUT2D eigenvalue weighted by atomic mass is 10.1. The molecular weight excluding hydrogens is 302 g/mol. The molecule has 0 atom stereocenters. The van der Waals surface area contributed by atoms with Crippen LogP contribution in [0.1, 0.15) is 29.8 Å². The van der Waals surface area contributed by atoms with Gasteiger partial charge in [-0.15, -0.1) is 0 Å². The van der Waals surface area contributed by atoms with Gasteiger partial charge in [-0.05, 0) is 35.7 Å². The highest BCUT2D eigenvalue weighted by Gasteiger charge is 2.13. The SMILES string of the molecule is CC(C)CNC(=O)c1ccccc1NC(=O)Cc1cccc(N)c1. The molecule has 0 radical (unpaired) electrons. The largest absolute Gasteiger partial charge is 0.399 e. The van der Waals surface area contributed by atoms with Gasteiger partial charge in [-0.2, -0.15) is 0 Å². The number of para-hydroxylation sites is 1. The average molecular weight is 325 g/mol. The topological polar surface area (TPSA) is 84.2 Å². The smallest absolute Gasteiger partial charge is 0.253 e. The van der Waals surface area contributed by atoms with Crippen LogP contribution in [0.2, 0.25) is 0 Å². The third-order valence-electron chi connectivity index (χ3n) is 3.43. The predicted molar refractivity (Wildman–Crippen MR) is 96.8 cm³/mol. The number of amides is 2. The second-order valence-electron chi connectivity index (χ2n) is 6.12. The molecule has 5 heteroatoms. The lowest BCUT2D eigenvalue weighted by Gasteiger charge is -2.12. The quantitative estimate of drug-likeness (QED) is 0.714. The van der Waals surface area contributed by atoms with E-state index in [0.717, 1.165) is 5.56 Å². The van der Waals surface area contributed by atoms with Gasteiger partial charge in [0, 0.05) is 12.2 Å². The van der Waals surface area contributed by atoms with Gasteiger partial charge < -0.3 is 16.4 Å². The second-order valence-corrected chi connectivity index (χ2v) is 6.12. The van der Waals surface area contributed by atoms with Gasteiger partial charge in [-0.25, -0.2) is 0 Å². The Morgan fingerprint density at radius 3 is 2.54 bits per heavy atom. The molecule has 0 spiro atoms. The van der Waals surface area contributed by atoms with Gasteiger partial charge in [0.05, 0.1) is 17.7 Å². The normalized spacial score (nSPS) is 10.5. The summed E-state index contributed by atoms with van der Waals surface area (Å²) in [6.45, 7) is 4.64. The number of carbonyl (C=O) groups excluding carboxylic acids is 2. The number of anilines is 2. The number of hydrogen-bond donors (Lipinski definition) is 3. The monoisotopic (exact) mass is 325 g/mol. The maximum atomic E-state index is 12.3. The predicted octanol–water partition coefficient (Wildman–Crippen LogP) is 2.84. The molecule has 2 amide bonds. The van der Waals surface area contributed by atoms with Crippen LogP contribution in [0, 0.1) is 5.92 Å². The van der Waals surface area contributed by atoms with Crippen LogP contribution in [0.5, 0.6) is 0 Å². The average Bonchev–Trinajstić information content (AvgIpc) is 2.53. The summed E-state index contributed by atoms with van der Waals surface area (Å²) in [5.41, 5.74) is 8.14. The first-order chi connectivity index (χ1) is 11.5. The number of nitrogen functional groups attached to an aromatic ring is 1. The minimum absolute atomic E-state index is 0.190. The van der Waals surface area contributed by atoms with Crippen molar-refractivity contribution in [2.45, 2.75) is 20.3 Å². The zero-order valence-electron chi connectivity index (χ0n) is 14.0. The minimum Gasteiger partial charge on any atom is -0.399 e.